The Balaban J connectivity index is 2.07. The second kappa shape index (κ2) is 4.63. The number of hydrogen-bond acceptors (Lipinski definition) is 4. The average molecular weight is 231 g/mol. The van der Waals surface area contributed by atoms with E-state index in [4.69, 9.17) is 0 Å². The largest absolute Gasteiger partial charge is 0.306 e. The molecule has 5 heteroatoms. The van der Waals surface area contributed by atoms with Crippen molar-refractivity contribution in [2.24, 2.45) is 0 Å². The van der Waals surface area contributed by atoms with Gasteiger partial charge in [-0.2, -0.15) is 5.10 Å². The van der Waals surface area contributed by atoms with E-state index in [0.29, 0.717) is 0 Å². The lowest BCUT2D eigenvalue weighted by Crippen LogP contribution is -2.35. The Bertz CT molecular complexity index is 469. The molecule has 2 rings (SSSR count). The molecule has 0 saturated heterocycles. The second-order valence-corrected chi connectivity index (χ2v) is 4.96. The van der Waals surface area contributed by atoms with Crippen molar-refractivity contribution < 1.29 is 0 Å². The van der Waals surface area contributed by atoms with Crippen LogP contribution < -0.4 is 5.32 Å². The average Bonchev–Trinajstić information content (AvgIpc) is 2.75. The predicted octanol–water partition coefficient (Wildman–Crippen LogP) is 1.55. The van der Waals surface area contributed by atoms with Crippen LogP contribution in [0.2, 0.25) is 0 Å². The highest BCUT2D eigenvalue weighted by atomic mass is 15.2. The minimum atomic E-state index is 0.0936. The Morgan fingerprint density at radius 2 is 2.18 bits per heavy atom. The molecule has 0 spiro atoms. The molecular formula is C12H17N5. The van der Waals surface area contributed by atoms with Gasteiger partial charge >= 0.3 is 0 Å². The summed E-state index contributed by atoms with van der Waals surface area (Å²) in [5.74, 6) is 0.780. The van der Waals surface area contributed by atoms with E-state index in [2.05, 4.69) is 41.3 Å². The Hall–Kier alpha value is -1.75. The Labute approximate surface area is 101 Å². The molecule has 0 saturated carbocycles. The number of nitrogens with one attached hydrogen (secondary N) is 1. The molecule has 90 valence electrons. The van der Waals surface area contributed by atoms with Gasteiger partial charge in [-0.3, -0.25) is 4.57 Å². The first-order valence-electron chi connectivity index (χ1n) is 5.60. The minimum Gasteiger partial charge on any atom is -0.306 e. The molecule has 0 aliphatic rings. The Kier molecular flexibility index (Phi) is 3.19. The Morgan fingerprint density at radius 1 is 1.35 bits per heavy atom. The lowest BCUT2D eigenvalue weighted by molar-refractivity contribution is 0.421. The van der Waals surface area contributed by atoms with Crippen LogP contribution in [-0.4, -0.2) is 25.3 Å². The maximum Gasteiger partial charge on any atom is 0.160 e. The van der Waals surface area contributed by atoms with Crippen molar-refractivity contribution in [1.82, 2.24) is 25.1 Å². The van der Waals surface area contributed by atoms with Crippen molar-refractivity contribution in [3.8, 4) is 5.82 Å². The molecule has 0 aromatic carbocycles. The van der Waals surface area contributed by atoms with Gasteiger partial charge in [0.1, 0.15) is 6.33 Å². The molecule has 0 unspecified atom stereocenters. The lowest BCUT2D eigenvalue weighted by atomic mass is 10.1. The number of rotatable bonds is 3. The molecule has 0 aliphatic heterocycles. The topological polar surface area (TPSA) is 55.6 Å². The van der Waals surface area contributed by atoms with Crippen LogP contribution in [0.4, 0.5) is 0 Å². The summed E-state index contributed by atoms with van der Waals surface area (Å²) in [6.07, 6.45) is 5.37. The van der Waals surface area contributed by atoms with Crippen LogP contribution in [0.1, 0.15) is 26.5 Å². The molecule has 2 aromatic rings. The first-order valence-corrected chi connectivity index (χ1v) is 5.60. The molecule has 5 nitrogen and oxygen atoms in total. The third-order valence-corrected chi connectivity index (χ3v) is 2.26. The van der Waals surface area contributed by atoms with E-state index in [0.717, 1.165) is 18.1 Å². The first-order chi connectivity index (χ1) is 8.04. The van der Waals surface area contributed by atoms with Gasteiger partial charge < -0.3 is 5.32 Å². The molecule has 2 aromatic heterocycles. The zero-order chi connectivity index (χ0) is 12.3. The van der Waals surface area contributed by atoms with Crippen molar-refractivity contribution in [3.63, 3.8) is 0 Å². The molecule has 0 amide bonds. The third kappa shape index (κ3) is 3.35. The molecule has 17 heavy (non-hydrogen) atoms. The second-order valence-electron chi connectivity index (χ2n) is 4.96. The standard InChI is InChI=1S/C12H17N5/c1-12(2,3)14-7-10-8-17(9-13-10)11-5-4-6-15-16-11/h4-6,8-9,14H,7H2,1-3H3. The fourth-order valence-electron chi connectivity index (χ4n) is 1.37. The highest BCUT2D eigenvalue weighted by Gasteiger charge is 2.09. The molecule has 2 heterocycles. The number of aromatic nitrogens is 4. The van der Waals surface area contributed by atoms with Gasteiger partial charge in [-0.15, -0.1) is 5.10 Å². The number of nitrogens with zero attached hydrogens (tertiary/aromatic N) is 4. The quantitative estimate of drug-likeness (QED) is 0.870. The highest BCUT2D eigenvalue weighted by Crippen LogP contribution is 2.06. The van der Waals surface area contributed by atoms with Crippen LogP contribution in [0, 0.1) is 0 Å². The van der Waals surface area contributed by atoms with Crippen molar-refractivity contribution in [2.45, 2.75) is 32.9 Å². The van der Waals surface area contributed by atoms with Crippen molar-refractivity contribution in [1.29, 1.82) is 0 Å². The summed E-state index contributed by atoms with van der Waals surface area (Å²) >= 11 is 0. The van der Waals surface area contributed by atoms with E-state index in [-0.39, 0.29) is 5.54 Å². The number of imidazole rings is 1. The normalized spacial score (nSPS) is 11.7. The van der Waals surface area contributed by atoms with Crippen molar-refractivity contribution in [2.75, 3.05) is 0 Å². The lowest BCUT2D eigenvalue weighted by Gasteiger charge is -2.19. The summed E-state index contributed by atoms with van der Waals surface area (Å²) in [7, 11) is 0. The van der Waals surface area contributed by atoms with Gasteiger partial charge in [0, 0.05) is 24.5 Å². The maximum atomic E-state index is 4.33. The molecule has 0 aliphatic carbocycles. The highest BCUT2D eigenvalue weighted by molar-refractivity contribution is 5.20. The van der Waals surface area contributed by atoms with Gasteiger partial charge in [0.25, 0.3) is 0 Å². The molecule has 1 N–H and O–H groups in total. The summed E-state index contributed by atoms with van der Waals surface area (Å²) in [6, 6.07) is 3.76. The molecule has 0 radical (unpaired) electrons. The van der Waals surface area contributed by atoms with E-state index in [9.17, 15) is 0 Å². The molecule has 0 bridgehead atoms. The number of hydrogen-bond donors (Lipinski definition) is 1. The summed E-state index contributed by atoms with van der Waals surface area (Å²) < 4.78 is 1.87. The molecule has 0 atom stereocenters. The van der Waals surface area contributed by atoms with Gasteiger partial charge in [-0.25, -0.2) is 4.98 Å². The van der Waals surface area contributed by atoms with Crippen LogP contribution in [0.25, 0.3) is 5.82 Å². The van der Waals surface area contributed by atoms with E-state index in [1.807, 2.05) is 22.9 Å². The minimum absolute atomic E-state index is 0.0936. The van der Waals surface area contributed by atoms with E-state index >= 15 is 0 Å². The predicted molar refractivity (Wildman–Crippen MR) is 65.7 cm³/mol. The fraction of sp³-hybridized carbons (Fsp3) is 0.417. The van der Waals surface area contributed by atoms with Gasteiger partial charge in [-0.05, 0) is 32.9 Å². The van der Waals surface area contributed by atoms with Crippen molar-refractivity contribution in [3.05, 3.63) is 36.5 Å². The molecule has 0 fully saturated rings. The van der Waals surface area contributed by atoms with Gasteiger partial charge in [0.2, 0.25) is 0 Å². The summed E-state index contributed by atoms with van der Waals surface area (Å²) in [6.45, 7) is 7.14. The zero-order valence-electron chi connectivity index (χ0n) is 10.4. The van der Waals surface area contributed by atoms with Crippen LogP contribution in [0.3, 0.4) is 0 Å². The van der Waals surface area contributed by atoms with Crippen LogP contribution in [-0.2, 0) is 6.54 Å². The van der Waals surface area contributed by atoms with Crippen LogP contribution in [0.15, 0.2) is 30.9 Å². The van der Waals surface area contributed by atoms with Crippen LogP contribution >= 0.6 is 0 Å². The van der Waals surface area contributed by atoms with Crippen LogP contribution in [0.5, 0.6) is 0 Å². The van der Waals surface area contributed by atoms with Gasteiger partial charge in [-0.1, -0.05) is 0 Å². The zero-order valence-corrected chi connectivity index (χ0v) is 10.4. The monoisotopic (exact) mass is 231 g/mol. The maximum absolute atomic E-state index is 4.33. The third-order valence-electron chi connectivity index (χ3n) is 2.26. The van der Waals surface area contributed by atoms with E-state index in [1.165, 1.54) is 0 Å². The smallest absolute Gasteiger partial charge is 0.160 e. The van der Waals surface area contributed by atoms with E-state index in [1.54, 1.807) is 12.5 Å². The molecular weight excluding hydrogens is 214 g/mol. The Morgan fingerprint density at radius 3 is 2.82 bits per heavy atom. The SMILES string of the molecule is CC(C)(C)NCc1cn(-c2cccnn2)cn1. The van der Waals surface area contributed by atoms with Gasteiger partial charge in [0.15, 0.2) is 5.82 Å². The van der Waals surface area contributed by atoms with E-state index < -0.39 is 0 Å². The summed E-state index contributed by atoms with van der Waals surface area (Å²) in [5, 5.41) is 11.3. The summed E-state index contributed by atoms with van der Waals surface area (Å²) in [4.78, 5) is 4.33. The van der Waals surface area contributed by atoms with Crippen molar-refractivity contribution >= 4 is 0 Å². The fourth-order valence-corrected chi connectivity index (χ4v) is 1.37. The summed E-state index contributed by atoms with van der Waals surface area (Å²) in [5.41, 5.74) is 1.08. The van der Waals surface area contributed by atoms with Gasteiger partial charge in [0.05, 0.1) is 5.69 Å². The first kappa shape index (κ1) is 11.7.